The molecule has 0 bridgehead atoms. The Morgan fingerprint density at radius 2 is 1.93 bits per heavy atom. The molecule has 2 N–H and O–H groups in total. The fraction of sp³-hybridized carbons (Fsp3) is 0.500. The van der Waals surface area contributed by atoms with Gasteiger partial charge in [-0.05, 0) is 19.9 Å². The van der Waals surface area contributed by atoms with Gasteiger partial charge in [-0.25, -0.2) is 15.0 Å². The molecule has 0 saturated carbocycles. The third-order valence-corrected chi connectivity index (χ3v) is 2.39. The van der Waals surface area contributed by atoms with E-state index in [0.717, 1.165) is 17.9 Å². The van der Waals surface area contributed by atoms with Gasteiger partial charge in [0.25, 0.3) is 0 Å². The first-order valence-corrected chi connectivity index (χ1v) is 5.00. The Morgan fingerprint density at radius 1 is 1.33 bits per heavy atom. The van der Waals surface area contributed by atoms with Gasteiger partial charge in [-0.15, -0.1) is 0 Å². The molecule has 5 heteroatoms. The fourth-order valence-electron chi connectivity index (χ4n) is 1.58. The summed E-state index contributed by atoms with van der Waals surface area (Å²) in [4.78, 5) is 8.67. The molecule has 1 atom stereocenters. The Bertz CT molecular complexity index is 392. The predicted octanol–water partition coefficient (Wildman–Crippen LogP) is 0.822. The summed E-state index contributed by atoms with van der Waals surface area (Å²) in [5, 5.41) is 5.99. The molecule has 0 aliphatic carbocycles. The molecule has 0 saturated heterocycles. The van der Waals surface area contributed by atoms with Crippen molar-refractivity contribution in [1.82, 2.24) is 9.97 Å². The fourth-order valence-corrected chi connectivity index (χ4v) is 1.58. The number of amidine groups is 1. The van der Waals surface area contributed by atoms with Crippen molar-refractivity contribution < 1.29 is 0 Å². The molecule has 0 spiro atoms. The van der Waals surface area contributed by atoms with E-state index in [-0.39, 0.29) is 5.92 Å². The van der Waals surface area contributed by atoms with E-state index in [0.29, 0.717) is 11.8 Å². The van der Waals surface area contributed by atoms with Crippen molar-refractivity contribution in [3.05, 3.63) is 17.5 Å². The van der Waals surface area contributed by atoms with Crippen LogP contribution in [0.1, 0.15) is 18.3 Å². The van der Waals surface area contributed by atoms with Crippen molar-refractivity contribution in [2.24, 2.45) is 16.8 Å². The van der Waals surface area contributed by atoms with Gasteiger partial charge >= 0.3 is 0 Å². The number of aryl methyl sites for hydroxylation is 2. The summed E-state index contributed by atoms with van der Waals surface area (Å²) in [6, 6.07) is 1.94. The smallest absolute Gasteiger partial charge is 0.246 e. The van der Waals surface area contributed by atoms with Crippen LogP contribution in [-0.4, -0.2) is 22.3 Å². The Kier molecular flexibility index (Phi) is 2.30. The van der Waals surface area contributed by atoms with Gasteiger partial charge in [-0.2, -0.15) is 5.10 Å². The first-order chi connectivity index (χ1) is 7.06. The molecule has 0 aromatic carbocycles. The normalized spacial score (nSPS) is 20.6. The Labute approximate surface area is 89.0 Å². The molecule has 5 nitrogen and oxygen atoms in total. The van der Waals surface area contributed by atoms with Crippen molar-refractivity contribution >= 4 is 11.8 Å². The standard InChI is InChI=1S/C10H15N5/c1-6-5-15(14-9(6)11)10-12-7(2)4-8(3)13-10/h4,6H,5H2,1-3H3,(H2,11,14). The first kappa shape index (κ1) is 9.89. The monoisotopic (exact) mass is 205 g/mol. The summed E-state index contributed by atoms with van der Waals surface area (Å²) in [6.07, 6.45) is 0. The molecular formula is C10H15N5. The largest absolute Gasteiger partial charge is 0.385 e. The number of hydrogen-bond acceptors (Lipinski definition) is 5. The van der Waals surface area contributed by atoms with Crippen LogP contribution in [0.2, 0.25) is 0 Å². The lowest BCUT2D eigenvalue weighted by Crippen LogP contribution is -2.21. The van der Waals surface area contributed by atoms with Crippen molar-refractivity contribution in [3.63, 3.8) is 0 Å². The van der Waals surface area contributed by atoms with Crippen LogP contribution in [0.3, 0.4) is 0 Å². The molecule has 1 aliphatic heterocycles. The highest BCUT2D eigenvalue weighted by Crippen LogP contribution is 2.17. The molecule has 1 aromatic heterocycles. The maximum Gasteiger partial charge on any atom is 0.246 e. The summed E-state index contributed by atoms with van der Waals surface area (Å²) in [5.41, 5.74) is 7.63. The maximum absolute atomic E-state index is 5.73. The number of aromatic nitrogens is 2. The average molecular weight is 205 g/mol. The van der Waals surface area contributed by atoms with E-state index in [1.807, 2.05) is 26.8 Å². The highest BCUT2D eigenvalue weighted by atomic mass is 15.5. The highest BCUT2D eigenvalue weighted by molar-refractivity contribution is 5.85. The summed E-state index contributed by atoms with van der Waals surface area (Å²) >= 11 is 0. The van der Waals surface area contributed by atoms with Crippen LogP contribution in [0.5, 0.6) is 0 Å². The minimum absolute atomic E-state index is 0.273. The molecule has 15 heavy (non-hydrogen) atoms. The molecule has 80 valence electrons. The van der Waals surface area contributed by atoms with Crippen LogP contribution in [0.15, 0.2) is 11.2 Å². The number of nitrogens with two attached hydrogens (primary N) is 1. The van der Waals surface area contributed by atoms with Crippen LogP contribution in [-0.2, 0) is 0 Å². The van der Waals surface area contributed by atoms with Gasteiger partial charge in [-0.1, -0.05) is 6.92 Å². The molecular weight excluding hydrogens is 190 g/mol. The minimum Gasteiger partial charge on any atom is -0.385 e. The van der Waals surface area contributed by atoms with E-state index in [1.165, 1.54) is 0 Å². The molecule has 0 amide bonds. The topological polar surface area (TPSA) is 67.4 Å². The Hall–Kier alpha value is -1.65. The molecule has 2 heterocycles. The second-order valence-corrected chi connectivity index (χ2v) is 3.96. The number of hydrazone groups is 1. The van der Waals surface area contributed by atoms with E-state index >= 15 is 0 Å². The highest BCUT2D eigenvalue weighted by Gasteiger charge is 2.23. The van der Waals surface area contributed by atoms with Gasteiger partial charge in [-0.3, -0.25) is 0 Å². The summed E-state index contributed by atoms with van der Waals surface area (Å²) in [6.45, 7) is 6.70. The number of nitrogens with zero attached hydrogens (tertiary/aromatic N) is 4. The van der Waals surface area contributed by atoms with E-state index in [1.54, 1.807) is 5.01 Å². The van der Waals surface area contributed by atoms with E-state index < -0.39 is 0 Å². The van der Waals surface area contributed by atoms with Crippen LogP contribution in [0.4, 0.5) is 5.95 Å². The lowest BCUT2D eigenvalue weighted by Gasteiger charge is -2.12. The molecule has 1 unspecified atom stereocenters. The minimum atomic E-state index is 0.273. The lowest BCUT2D eigenvalue weighted by atomic mass is 10.2. The second kappa shape index (κ2) is 3.49. The molecule has 2 rings (SSSR count). The van der Waals surface area contributed by atoms with Crippen molar-refractivity contribution in [3.8, 4) is 0 Å². The third-order valence-electron chi connectivity index (χ3n) is 2.39. The van der Waals surface area contributed by atoms with Gasteiger partial charge in [0, 0.05) is 17.3 Å². The zero-order chi connectivity index (χ0) is 11.0. The number of anilines is 1. The quantitative estimate of drug-likeness (QED) is 0.737. The van der Waals surface area contributed by atoms with Gasteiger partial charge in [0.15, 0.2) is 0 Å². The van der Waals surface area contributed by atoms with Gasteiger partial charge in [0.05, 0.1) is 6.54 Å². The summed E-state index contributed by atoms with van der Waals surface area (Å²) < 4.78 is 0. The SMILES string of the molecule is Cc1cc(C)nc(N2CC(C)C(N)=N2)n1. The first-order valence-electron chi connectivity index (χ1n) is 5.00. The number of hydrogen-bond donors (Lipinski definition) is 1. The second-order valence-electron chi connectivity index (χ2n) is 3.96. The summed E-state index contributed by atoms with van der Waals surface area (Å²) in [5.74, 6) is 1.56. The average Bonchev–Trinajstić information content (AvgIpc) is 2.45. The Balaban J connectivity index is 2.31. The van der Waals surface area contributed by atoms with Gasteiger partial charge in [0.1, 0.15) is 5.84 Å². The summed E-state index contributed by atoms with van der Waals surface area (Å²) in [7, 11) is 0. The zero-order valence-electron chi connectivity index (χ0n) is 9.23. The number of rotatable bonds is 1. The van der Waals surface area contributed by atoms with E-state index in [9.17, 15) is 0 Å². The van der Waals surface area contributed by atoms with E-state index in [4.69, 9.17) is 5.73 Å². The van der Waals surface area contributed by atoms with Crippen LogP contribution in [0, 0.1) is 19.8 Å². The molecule has 1 aliphatic rings. The molecule has 0 radical (unpaired) electrons. The van der Waals surface area contributed by atoms with Crippen molar-refractivity contribution in [2.45, 2.75) is 20.8 Å². The van der Waals surface area contributed by atoms with Gasteiger partial charge in [0.2, 0.25) is 5.95 Å². The molecule has 0 fully saturated rings. The molecule has 1 aromatic rings. The Morgan fingerprint density at radius 3 is 2.40 bits per heavy atom. The third kappa shape index (κ3) is 1.91. The lowest BCUT2D eigenvalue weighted by molar-refractivity contribution is 0.748. The van der Waals surface area contributed by atoms with E-state index in [2.05, 4.69) is 15.1 Å². The van der Waals surface area contributed by atoms with Crippen LogP contribution >= 0.6 is 0 Å². The van der Waals surface area contributed by atoms with Crippen molar-refractivity contribution in [2.75, 3.05) is 11.6 Å². The predicted molar refractivity (Wildman–Crippen MR) is 59.6 cm³/mol. The zero-order valence-corrected chi connectivity index (χ0v) is 9.23. The van der Waals surface area contributed by atoms with Crippen molar-refractivity contribution in [1.29, 1.82) is 0 Å². The van der Waals surface area contributed by atoms with Crippen LogP contribution in [0.25, 0.3) is 0 Å². The van der Waals surface area contributed by atoms with Gasteiger partial charge < -0.3 is 5.73 Å². The maximum atomic E-state index is 5.73. The van der Waals surface area contributed by atoms with Crippen LogP contribution < -0.4 is 10.7 Å².